The maximum Gasteiger partial charge on any atom is 0.257 e. The smallest absolute Gasteiger partial charge is 0.257 e. The molecule has 0 atom stereocenters. The van der Waals surface area contributed by atoms with Crippen LogP contribution in [0, 0.1) is 0 Å². The molecule has 0 bridgehead atoms. The Morgan fingerprint density at radius 1 is 1.17 bits per heavy atom. The van der Waals surface area contributed by atoms with Crippen LogP contribution in [0.5, 0.6) is 0 Å². The first-order valence-corrected chi connectivity index (χ1v) is 8.70. The minimum atomic E-state index is -0.154. The van der Waals surface area contributed by atoms with Gasteiger partial charge in [-0.1, -0.05) is 26.0 Å². The van der Waals surface area contributed by atoms with Gasteiger partial charge < -0.3 is 10.2 Å². The van der Waals surface area contributed by atoms with Gasteiger partial charge in [0.25, 0.3) is 5.91 Å². The summed E-state index contributed by atoms with van der Waals surface area (Å²) >= 11 is 3.44. The number of pyridine rings is 1. The number of amides is 1. The highest BCUT2D eigenvalue weighted by atomic mass is 79.9. The van der Waals surface area contributed by atoms with E-state index in [0.717, 1.165) is 41.8 Å². The summed E-state index contributed by atoms with van der Waals surface area (Å²) < 4.78 is 0.857. The molecule has 0 aliphatic carbocycles. The molecule has 23 heavy (non-hydrogen) atoms. The van der Waals surface area contributed by atoms with Crippen molar-refractivity contribution < 1.29 is 4.79 Å². The van der Waals surface area contributed by atoms with E-state index in [4.69, 9.17) is 0 Å². The standard InChI is InChI=1S/C18H22BrN3O/c1-3-9-22(10-4-2)15-11-14(12-20-13-15)18(23)21-17-8-6-5-7-16(17)19/h5-8,11-13H,3-4,9-10H2,1-2H3,(H,21,23). The first kappa shape index (κ1) is 17.5. The van der Waals surface area contributed by atoms with Crippen LogP contribution >= 0.6 is 15.9 Å². The first-order valence-electron chi connectivity index (χ1n) is 7.91. The zero-order valence-electron chi connectivity index (χ0n) is 13.6. The Kier molecular flexibility index (Phi) is 6.59. The lowest BCUT2D eigenvalue weighted by Gasteiger charge is -2.23. The topological polar surface area (TPSA) is 45.2 Å². The van der Waals surface area contributed by atoms with E-state index in [1.165, 1.54) is 0 Å². The number of aromatic nitrogens is 1. The highest BCUT2D eigenvalue weighted by molar-refractivity contribution is 9.10. The normalized spacial score (nSPS) is 10.4. The summed E-state index contributed by atoms with van der Waals surface area (Å²) in [6.07, 6.45) is 5.55. The maximum atomic E-state index is 12.5. The number of rotatable bonds is 7. The summed E-state index contributed by atoms with van der Waals surface area (Å²) in [5.41, 5.74) is 2.31. The number of halogens is 1. The lowest BCUT2D eigenvalue weighted by atomic mass is 10.2. The van der Waals surface area contributed by atoms with E-state index in [1.807, 2.05) is 36.5 Å². The molecule has 0 spiro atoms. The van der Waals surface area contributed by atoms with Crippen LogP contribution in [0.2, 0.25) is 0 Å². The summed E-state index contributed by atoms with van der Waals surface area (Å²) in [5, 5.41) is 2.91. The minimum Gasteiger partial charge on any atom is -0.370 e. The Morgan fingerprint density at radius 3 is 2.52 bits per heavy atom. The van der Waals surface area contributed by atoms with Crippen molar-refractivity contribution in [1.29, 1.82) is 0 Å². The summed E-state index contributed by atoms with van der Waals surface area (Å²) in [6.45, 7) is 6.23. The number of nitrogens with zero attached hydrogens (tertiary/aromatic N) is 2. The van der Waals surface area contributed by atoms with Crippen LogP contribution in [-0.4, -0.2) is 24.0 Å². The maximum absolute atomic E-state index is 12.5. The minimum absolute atomic E-state index is 0.154. The summed E-state index contributed by atoms with van der Waals surface area (Å²) in [4.78, 5) is 19.0. The van der Waals surface area contributed by atoms with Gasteiger partial charge >= 0.3 is 0 Å². The van der Waals surface area contributed by atoms with Crippen LogP contribution in [0.3, 0.4) is 0 Å². The molecule has 2 rings (SSSR count). The lowest BCUT2D eigenvalue weighted by Crippen LogP contribution is -2.25. The van der Waals surface area contributed by atoms with Crippen molar-refractivity contribution in [3.63, 3.8) is 0 Å². The molecule has 0 fully saturated rings. The Labute approximate surface area is 146 Å². The molecule has 1 N–H and O–H groups in total. The Bertz CT molecular complexity index is 654. The lowest BCUT2D eigenvalue weighted by molar-refractivity contribution is 0.102. The zero-order chi connectivity index (χ0) is 16.7. The summed E-state index contributed by atoms with van der Waals surface area (Å²) in [6, 6.07) is 9.47. The van der Waals surface area contributed by atoms with Crippen molar-refractivity contribution in [2.45, 2.75) is 26.7 Å². The largest absolute Gasteiger partial charge is 0.370 e. The molecule has 2 aromatic rings. The van der Waals surface area contributed by atoms with Gasteiger partial charge in [-0.15, -0.1) is 0 Å². The van der Waals surface area contributed by atoms with Crippen molar-refractivity contribution >= 4 is 33.2 Å². The number of nitrogens with one attached hydrogen (secondary N) is 1. The predicted molar refractivity (Wildman–Crippen MR) is 99.1 cm³/mol. The monoisotopic (exact) mass is 375 g/mol. The van der Waals surface area contributed by atoms with Crippen LogP contribution in [0.1, 0.15) is 37.0 Å². The number of para-hydroxylation sites is 1. The third-order valence-corrected chi connectivity index (χ3v) is 4.15. The molecular formula is C18H22BrN3O. The van der Waals surface area contributed by atoms with E-state index >= 15 is 0 Å². The second-order valence-corrected chi connectivity index (χ2v) is 6.21. The van der Waals surface area contributed by atoms with Gasteiger partial charge in [0.1, 0.15) is 0 Å². The molecule has 122 valence electrons. The van der Waals surface area contributed by atoms with Crippen LogP contribution in [-0.2, 0) is 0 Å². The van der Waals surface area contributed by atoms with Gasteiger partial charge in [0.2, 0.25) is 0 Å². The molecule has 4 nitrogen and oxygen atoms in total. The number of anilines is 2. The predicted octanol–water partition coefficient (Wildman–Crippen LogP) is 4.72. The molecule has 1 amide bonds. The molecule has 5 heteroatoms. The fraction of sp³-hybridized carbons (Fsp3) is 0.333. The Balaban J connectivity index is 2.18. The van der Waals surface area contributed by atoms with Crippen LogP contribution in [0.25, 0.3) is 0 Å². The van der Waals surface area contributed by atoms with Crippen LogP contribution in [0.4, 0.5) is 11.4 Å². The highest BCUT2D eigenvalue weighted by Gasteiger charge is 2.12. The fourth-order valence-electron chi connectivity index (χ4n) is 2.39. The quantitative estimate of drug-likeness (QED) is 0.760. The zero-order valence-corrected chi connectivity index (χ0v) is 15.1. The average molecular weight is 376 g/mol. The summed E-state index contributed by atoms with van der Waals surface area (Å²) in [5.74, 6) is -0.154. The van der Waals surface area contributed by atoms with Crippen LogP contribution < -0.4 is 10.2 Å². The van der Waals surface area contributed by atoms with Gasteiger partial charge in [-0.2, -0.15) is 0 Å². The van der Waals surface area contributed by atoms with E-state index < -0.39 is 0 Å². The number of hydrogen-bond donors (Lipinski definition) is 1. The average Bonchev–Trinajstić information content (AvgIpc) is 2.57. The van der Waals surface area contributed by atoms with Crippen molar-refractivity contribution in [2.75, 3.05) is 23.3 Å². The van der Waals surface area contributed by atoms with E-state index in [-0.39, 0.29) is 5.91 Å². The molecule has 1 aromatic heterocycles. The summed E-state index contributed by atoms with van der Waals surface area (Å²) in [7, 11) is 0. The number of carbonyl (C=O) groups is 1. The van der Waals surface area contributed by atoms with Gasteiger partial charge in [0.15, 0.2) is 0 Å². The SMILES string of the molecule is CCCN(CCC)c1cncc(C(=O)Nc2ccccc2Br)c1. The first-order chi connectivity index (χ1) is 11.2. The van der Waals surface area contributed by atoms with E-state index in [1.54, 1.807) is 6.20 Å². The number of hydrogen-bond acceptors (Lipinski definition) is 3. The number of benzene rings is 1. The third-order valence-electron chi connectivity index (χ3n) is 3.46. The molecular weight excluding hydrogens is 354 g/mol. The third kappa shape index (κ3) is 4.79. The van der Waals surface area contributed by atoms with Gasteiger partial charge in [-0.3, -0.25) is 9.78 Å². The number of carbonyl (C=O) groups excluding carboxylic acids is 1. The van der Waals surface area contributed by atoms with Gasteiger partial charge in [-0.05, 0) is 47.0 Å². The van der Waals surface area contributed by atoms with Crippen molar-refractivity contribution in [1.82, 2.24) is 4.98 Å². The van der Waals surface area contributed by atoms with Gasteiger partial charge in [0.05, 0.1) is 23.1 Å². The molecule has 0 saturated carbocycles. The molecule has 0 aliphatic rings. The van der Waals surface area contributed by atoms with E-state index in [2.05, 4.69) is 45.0 Å². The molecule has 0 radical (unpaired) electrons. The molecule has 0 saturated heterocycles. The Hall–Kier alpha value is -1.88. The van der Waals surface area contributed by atoms with E-state index in [0.29, 0.717) is 5.56 Å². The second-order valence-electron chi connectivity index (χ2n) is 5.35. The van der Waals surface area contributed by atoms with Crippen molar-refractivity contribution in [3.05, 3.63) is 52.8 Å². The van der Waals surface area contributed by atoms with Gasteiger partial charge in [0, 0.05) is 23.8 Å². The van der Waals surface area contributed by atoms with Crippen molar-refractivity contribution in [2.24, 2.45) is 0 Å². The molecule has 1 aromatic carbocycles. The van der Waals surface area contributed by atoms with Crippen LogP contribution in [0.15, 0.2) is 47.2 Å². The van der Waals surface area contributed by atoms with Crippen molar-refractivity contribution in [3.8, 4) is 0 Å². The highest BCUT2D eigenvalue weighted by Crippen LogP contribution is 2.22. The fourth-order valence-corrected chi connectivity index (χ4v) is 2.78. The second kappa shape index (κ2) is 8.67. The molecule has 0 aliphatic heterocycles. The Morgan fingerprint density at radius 2 is 1.87 bits per heavy atom. The van der Waals surface area contributed by atoms with Gasteiger partial charge in [-0.25, -0.2) is 0 Å². The molecule has 1 heterocycles. The molecule has 0 unspecified atom stereocenters. The van der Waals surface area contributed by atoms with E-state index in [9.17, 15) is 4.79 Å².